The van der Waals surface area contributed by atoms with Crippen molar-refractivity contribution in [2.45, 2.75) is 117 Å². The molecular weight excluding hydrogens is 849 g/mol. The number of hydrogen-bond acceptors (Lipinski definition) is 12. The van der Waals surface area contributed by atoms with Gasteiger partial charge in [0.25, 0.3) is 0 Å². The number of alkyl carbamates (subject to hydrolysis) is 2. The molecule has 0 radical (unpaired) electrons. The standard InChI is InChI=1S/C48H62N8O10/c1-27(2)39(51-45(59)63-9)43(57)53-23-11-13-35(53)41-49-25-37(55(41)47(61)65-29(5)6)33-19-15-31(16-20-33)32-17-21-34(22-18-32)38-26-50-42(56(38)48(62)66-30(7)8)36-14-12-24-54(36)44(58)40(28(3)4)52-46(60)64-10/h15-22,25-30,35-36,39-40H,11-14,23-24H2,1-10H3,(H,51,59)(H,52,60)/t35-,36-,39+,40+/m1/s1. The summed E-state index contributed by atoms with van der Waals surface area (Å²) in [4.78, 5) is 92.6. The van der Waals surface area contributed by atoms with Crippen LogP contribution in [0.1, 0.15) is 105 Å². The number of nitrogens with zero attached hydrogens (tertiary/aromatic N) is 6. The zero-order chi connectivity index (χ0) is 48.0. The first-order valence-electron chi connectivity index (χ1n) is 22.5. The topological polar surface area (TPSA) is 206 Å². The van der Waals surface area contributed by atoms with Crippen molar-refractivity contribution in [1.29, 1.82) is 0 Å². The number of benzene rings is 2. The molecule has 0 aliphatic carbocycles. The van der Waals surface area contributed by atoms with E-state index in [2.05, 4.69) is 10.6 Å². The van der Waals surface area contributed by atoms with Gasteiger partial charge < -0.3 is 39.4 Å². The van der Waals surface area contributed by atoms with Crippen LogP contribution in [0.4, 0.5) is 19.2 Å². The van der Waals surface area contributed by atoms with Crippen LogP contribution in [0.5, 0.6) is 0 Å². The molecule has 354 valence electrons. The van der Waals surface area contributed by atoms with Gasteiger partial charge in [0.15, 0.2) is 0 Å². The zero-order valence-corrected chi connectivity index (χ0v) is 39.4. The van der Waals surface area contributed by atoms with E-state index < -0.39 is 60.7 Å². The van der Waals surface area contributed by atoms with Gasteiger partial charge in [-0.25, -0.2) is 38.3 Å². The lowest BCUT2D eigenvalue weighted by molar-refractivity contribution is -0.136. The van der Waals surface area contributed by atoms with E-state index in [4.69, 9.17) is 28.9 Å². The van der Waals surface area contributed by atoms with Crippen LogP contribution in [0.15, 0.2) is 60.9 Å². The van der Waals surface area contributed by atoms with Gasteiger partial charge in [0.1, 0.15) is 23.7 Å². The summed E-state index contributed by atoms with van der Waals surface area (Å²) in [5, 5.41) is 5.32. The van der Waals surface area contributed by atoms with Crippen molar-refractivity contribution in [1.82, 2.24) is 39.5 Å². The molecule has 0 bridgehead atoms. The summed E-state index contributed by atoms with van der Waals surface area (Å²) < 4.78 is 23.8. The molecule has 4 atom stereocenters. The zero-order valence-electron chi connectivity index (χ0n) is 39.4. The largest absolute Gasteiger partial charge is 0.453 e. The fourth-order valence-electron chi connectivity index (χ4n) is 8.52. The Morgan fingerprint density at radius 3 is 1.18 bits per heavy atom. The average molecular weight is 911 g/mol. The molecule has 6 rings (SSSR count). The summed E-state index contributed by atoms with van der Waals surface area (Å²) in [7, 11) is 2.49. The average Bonchev–Trinajstić information content (AvgIpc) is 4.12. The van der Waals surface area contributed by atoms with E-state index in [1.165, 1.54) is 23.4 Å². The molecule has 2 saturated heterocycles. The van der Waals surface area contributed by atoms with E-state index in [-0.39, 0.29) is 23.7 Å². The fraction of sp³-hybridized carbons (Fsp3) is 0.500. The van der Waals surface area contributed by atoms with Gasteiger partial charge in [-0.1, -0.05) is 76.2 Å². The van der Waals surface area contributed by atoms with E-state index in [1.807, 2.05) is 76.2 Å². The Morgan fingerprint density at radius 2 is 0.879 bits per heavy atom. The Morgan fingerprint density at radius 1 is 0.545 bits per heavy atom. The summed E-state index contributed by atoms with van der Waals surface area (Å²) >= 11 is 0. The van der Waals surface area contributed by atoms with Crippen molar-refractivity contribution < 1.29 is 47.7 Å². The smallest absolute Gasteiger partial charge is 0.420 e. The van der Waals surface area contributed by atoms with Crippen molar-refractivity contribution >= 4 is 36.2 Å². The Bertz CT molecular complexity index is 2220. The minimum absolute atomic E-state index is 0.229. The second kappa shape index (κ2) is 21.1. The maximum Gasteiger partial charge on any atom is 0.420 e. The van der Waals surface area contributed by atoms with Crippen LogP contribution in [-0.2, 0) is 28.5 Å². The Labute approximate surface area is 385 Å². The van der Waals surface area contributed by atoms with Gasteiger partial charge in [0.05, 0.1) is 62.3 Å². The molecule has 2 aromatic heterocycles. The molecular formula is C48H62N8O10. The van der Waals surface area contributed by atoms with Crippen molar-refractivity contribution in [3.63, 3.8) is 0 Å². The third-order valence-corrected chi connectivity index (χ3v) is 11.8. The first kappa shape index (κ1) is 48.7. The number of carbonyl (C=O) groups is 6. The molecule has 2 N–H and O–H groups in total. The van der Waals surface area contributed by atoms with E-state index in [9.17, 15) is 28.8 Å². The van der Waals surface area contributed by atoms with Crippen molar-refractivity contribution in [3.05, 3.63) is 72.6 Å². The Kier molecular flexibility index (Phi) is 15.6. The summed E-state index contributed by atoms with van der Waals surface area (Å²) in [6.45, 7) is 15.3. The molecule has 18 heteroatoms. The number of carbonyl (C=O) groups excluding carboxylic acids is 6. The predicted octanol–water partition coefficient (Wildman–Crippen LogP) is 7.96. The predicted molar refractivity (Wildman–Crippen MR) is 244 cm³/mol. The number of aromatic nitrogens is 4. The highest BCUT2D eigenvalue weighted by molar-refractivity contribution is 5.88. The molecule has 4 amide bonds. The first-order valence-corrected chi connectivity index (χ1v) is 22.5. The third-order valence-electron chi connectivity index (χ3n) is 11.8. The van der Waals surface area contributed by atoms with Crippen LogP contribution in [0.2, 0.25) is 0 Å². The van der Waals surface area contributed by atoms with E-state index >= 15 is 0 Å². The minimum Gasteiger partial charge on any atom is -0.453 e. The third kappa shape index (κ3) is 10.5. The van der Waals surface area contributed by atoms with Crippen LogP contribution in [0, 0.1) is 11.8 Å². The summed E-state index contributed by atoms with van der Waals surface area (Å²) in [5.41, 5.74) is 4.12. The molecule has 2 aromatic carbocycles. The molecule has 2 aliphatic heterocycles. The molecule has 2 fully saturated rings. The quantitative estimate of drug-likeness (QED) is 0.123. The molecule has 0 spiro atoms. The highest BCUT2D eigenvalue weighted by atomic mass is 16.6. The Hall–Kier alpha value is -6.72. The van der Waals surface area contributed by atoms with Crippen molar-refractivity contribution in [2.75, 3.05) is 27.3 Å². The van der Waals surface area contributed by atoms with E-state index in [0.717, 1.165) is 11.1 Å². The molecule has 4 heterocycles. The van der Waals surface area contributed by atoms with E-state index in [0.29, 0.717) is 72.9 Å². The number of hydrogen-bond donors (Lipinski definition) is 2. The number of nitrogens with one attached hydrogen (secondary N) is 2. The summed E-state index contributed by atoms with van der Waals surface area (Å²) in [5.74, 6) is -0.310. The summed E-state index contributed by atoms with van der Waals surface area (Å²) in [6.07, 6.45) is 2.19. The number of rotatable bonds is 13. The van der Waals surface area contributed by atoms with Gasteiger partial charge in [-0.3, -0.25) is 9.59 Å². The molecule has 2 aliphatic rings. The molecule has 18 nitrogen and oxygen atoms in total. The lowest BCUT2D eigenvalue weighted by Gasteiger charge is -2.30. The number of likely N-dealkylation sites (tertiary alicyclic amines) is 2. The molecule has 4 aromatic rings. The van der Waals surface area contributed by atoms with Crippen molar-refractivity contribution in [3.8, 4) is 33.6 Å². The second-order valence-electron chi connectivity index (χ2n) is 17.8. The van der Waals surface area contributed by atoms with Gasteiger partial charge >= 0.3 is 24.4 Å². The lowest BCUT2D eigenvalue weighted by atomic mass is 10.0. The fourth-order valence-corrected chi connectivity index (χ4v) is 8.52. The van der Waals surface area contributed by atoms with Gasteiger partial charge in [-0.05, 0) is 76.3 Å². The van der Waals surface area contributed by atoms with E-state index in [1.54, 1.807) is 49.9 Å². The highest BCUT2D eigenvalue weighted by Crippen LogP contribution is 2.38. The van der Waals surface area contributed by atoms with Crippen LogP contribution < -0.4 is 10.6 Å². The molecule has 66 heavy (non-hydrogen) atoms. The number of amides is 4. The van der Waals surface area contributed by atoms with Crippen LogP contribution in [0.25, 0.3) is 33.6 Å². The number of ether oxygens (including phenoxy) is 4. The normalized spacial score (nSPS) is 17.0. The minimum atomic E-state index is -0.840. The summed E-state index contributed by atoms with van der Waals surface area (Å²) in [6, 6.07) is 12.5. The first-order chi connectivity index (χ1) is 31.4. The SMILES string of the molecule is COC(=O)N[C@H](C(=O)N1CCC[C@@H]1c1ncc(-c2ccc(-c3ccc(-c4cnc([C@H]5CCCN5C(=O)[C@@H](NC(=O)OC)C(C)C)n4C(=O)OC(C)C)cc3)cc2)n1C(=O)OC(C)C)C(C)C. The van der Waals surface area contributed by atoms with Gasteiger partial charge in [0, 0.05) is 24.2 Å². The number of imidazole rings is 2. The molecule has 0 saturated carbocycles. The van der Waals surface area contributed by atoms with Gasteiger partial charge in [-0.15, -0.1) is 0 Å². The van der Waals surface area contributed by atoms with Crippen LogP contribution in [-0.4, -0.2) is 117 Å². The van der Waals surface area contributed by atoms with Crippen LogP contribution >= 0.6 is 0 Å². The maximum absolute atomic E-state index is 13.9. The monoisotopic (exact) mass is 910 g/mol. The maximum atomic E-state index is 13.9. The van der Waals surface area contributed by atoms with Gasteiger partial charge in [-0.2, -0.15) is 0 Å². The highest BCUT2D eigenvalue weighted by Gasteiger charge is 2.41. The van der Waals surface area contributed by atoms with Crippen LogP contribution in [0.3, 0.4) is 0 Å². The number of methoxy groups -OCH3 is 2. The Balaban J connectivity index is 1.28. The second-order valence-corrected chi connectivity index (χ2v) is 17.8. The van der Waals surface area contributed by atoms with Gasteiger partial charge in [0.2, 0.25) is 11.8 Å². The lowest BCUT2D eigenvalue weighted by Crippen LogP contribution is -2.51. The molecule has 0 unspecified atom stereocenters. The van der Waals surface area contributed by atoms with Crippen molar-refractivity contribution in [2.24, 2.45) is 11.8 Å².